The fourth-order valence-electron chi connectivity index (χ4n) is 1.23. The number of nitro groups is 1. The van der Waals surface area contributed by atoms with Crippen LogP contribution in [0.1, 0.15) is 19.4 Å². The molecule has 0 aliphatic rings. The number of aryl methyl sites for hydroxylation is 1. The molecule has 0 spiro atoms. The van der Waals surface area contributed by atoms with Crippen LogP contribution in [0.2, 0.25) is 0 Å². The number of rotatable bonds is 3. The van der Waals surface area contributed by atoms with Gasteiger partial charge in [0, 0.05) is 17.3 Å². The number of nitrogens with one attached hydrogen (secondary N) is 1. The second kappa shape index (κ2) is 4.50. The number of anilines is 1. The first-order chi connectivity index (χ1) is 7.71. The molecule has 0 heterocycles. The molecular formula is C11H15N3O3. The summed E-state index contributed by atoms with van der Waals surface area (Å²) in [5, 5.41) is 13.2. The summed E-state index contributed by atoms with van der Waals surface area (Å²) in [7, 11) is 0. The third-order valence-corrected chi connectivity index (χ3v) is 2.24. The van der Waals surface area contributed by atoms with Crippen molar-refractivity contribution in [3.05, 3.63) is 33.9 Å². The molecule has 0 radical (unpaired) electrons. The Hall–Kier alpha value is -1.95. The number of nitrogens with two attached hydrogens (primary N) is 1. The number of hydrogen-bond acceptors (Lipinski definition) is 4. The Morgan fingerprint density at radius 2 is 2.06 bits per heavy atom. The van der Waals surface area contributed by atoms with E-state index < -0.39 is 10.5 Å². The highest BCUT2D eigenvalue weighted by atomic mass is 16.6. The summed E-state index contributed by atoms with van der Waals surface area (Å²) in [4.78, 5) is 21.7. The van der Waals surface area contributed by atoms with Crippen molar-refractivity contribution in [1.29, 1.82) is 0 Å². The van der Waals surface area contributed by atoms with Crippen molar-refractivity contribution in [2.24, 2.45) is 5.73 Å². The Morgan fingerprint density at radius 3 is 2.47 bits per heavy atom. The molecule has 0 bridgehead atoms. The normalized spacial score (nSPS) is 11.1. The number of carbonyl (C=O) groups excluding carboxylic acids is 1. The highest BCUT2D eigenvalue weighted by molar-refractivity contribution is 5.97. The minimum Gasteiger partial charge on any atom is -0.324 e. The van der Waals surface area contributed by atoms with Crippen LogP contribution < -0.4 is 11.1 Å². The lowest BCUT2D eigenvalue weighted by atomic mass is 10.1. The number of benzene rings is 1. The summed E-state index contributed by atoms with van der Waals surface area (Å²) in [6.45, 7) is 4.78. The van der Waals surface area contributed by atoms with Gasteiger partial charge in [-0.1, -0.05) is 0 Å². The van der Waals surface area contributed by atoms with Crippen molar-refractivity contribution in [2.75, 3.05) is 5.32 Å². The second-order valence-electron chi connectivity index (χ2n) is 4.43. The molecule has 3 N–H and O–H groups in total. The number of hydrogen-bond donors (Lipinski definition) is 2. The zero-order valence-electron chi connectivity index (χ0n) is 9.98. The highest BCUT2D eigenvalue weighted by Gasteiger charge is 2.22. The van der Waals surface area contributed by atoms with Crippen LogP contribution in [0.25, 0.3) is 0 Å². The van der Waals surface area contributed by atoms with Crippen molar-refractivity contribution in [3.63, 3.8) is 0 Å². The first kappa shape index (κ1) is 13.1. The van der Waals surface area contributed by atoms with E-state index in [1.54, 1.807) is 26.8 Å². The average molecular weight is 237 g/mol. The van der Waals surface area contributed by atoms with E-state index in [-0.39, 0.29) is 11.6 Å². The second-order valence-corrected chi connectivity index (χ2v) is 4.43. The molecule has 0 saturated heterocycles. The SMILES string of the molecule is Cc1cc(NC(=O)C(C)(C)N)ccc1[N+](=O)[O-]. The quantitative estimate of drug-likeness (QED) is 0.615. The maximum atomic E-state index is 11.6. The zero-order chi connectivity index (χ0) is 13.2. The van der Waals surface area contributed by atoms with Crippen molar-refractivity contribution in [3.8, 4) is 0 Å². The van der Waals surface area contributed by atoms with Gasteiger partial charge in [0.25, 0.3) is 5.69 Å². The zero-order valence-corrected chi connectivity index (χ0v) is 9.98. The monoisotopic (exact) mass is 237 g/mol. The van der Waals surface area contributed by atoms with Crippen LogP contribution >= 0.6 is 0 Å². The van der Waals surface area contributed by atoms with Crippen LogP contribution in [0.15, 0.2) is 18.2 Å². The van der Waals surface area contributed by atoms with E-state index >= 15 is 0 Å². The number of nitrogens with zero attached hydrogens (tertiary/aromatic N) is 1. The molecule has 6 heteroatoms. The average Bonchev–Trinajstić information content (AvgIpc) is 2.15. The first-order valence-corrected chi connectivity index (χ1v) is 5.07. The summed E-state index contributed by atoms with van der Waals surface area (Å²) < 4.78 is 0. The van der Waals surface area contributed by atoms with Gasteiger partial charge < -0.3 is 11.1 Å². The molecule has 0 fully saturated rings. The predicted molar refractivity (Wildman–Crippen MR) is 64.7 cm³/mol. The van der Waals surface area contributed by atoms with Gasteiger partial charge in [0.2, 0.25) is 5.91 Å². The molecular weight excluding hydrogens is 222 g/mol. The van der Waals surface area contributed by atoms with Crippen LogP contribution in [-0.4, -0.2) is 16.4 Å². The topological polar surface area (TPSA) is 98.3 Å². The van der Waals surface area contributed by atoms with Crippen LogP contribution in [0.5, 0.6) is 0 Å². The maximum Gasteiger partial charge on any atom is 0.272 e. The van der Waals surface area contributed by atoms with E-state index in [2.05, 4.69) is 5.32 Å². The summed E-state index contributed by atoms with van der Waals surface area (Å²) in [5.74, 6) is -0.342. The fourth-order valence-corrected chi connectivity index (χ4v) is 1.23. The van der Waals surface area contributed by atoms with Crippen LogP contribution in [-0.2, 0) is 4.79 Å². The van der Waals surface area contributed by atoms with Gasteiger partial charge in [0.1, 0.15) is 0 Å². The van der Waals surface area contributed by atoms with Gasteiger partial charge in [-0.25, -0.2) is 0 Å². The van der Waals surface area contributed by atoms with Crippen LogP contribution in [0.3, 0.4) is 0 Å². The lowest BCUT2D eigenvalue weighted by molar-refractivity contribution is -0.385. The minimum atomic E-state index is -0.990. The molecule has 0 saturated carbocycles. The number of amides is 1. The maximum absolute atomic E-state index is 11.6. The first-order valence-electron chi connectivity index (χ1n) is 5.07. The Kier molecular flexibility index (Phi) is 3.47. The Bertz CT molecular complexity index is 464. The molecule has 1 aromatic rings. The largest absolute Gasteiger partial charge is 0.324 e. The lowest BCUT2D eigenvalue weighted by Crippen LogP contribution is -2.45. The fraction of sp³-hybridized carbons (Fsp3) is 0.364. The number of carbonyl (C=O) groups is 1. The van der Waals surface area contributed by atoms with Crippen molar-refractivity contribution in [1.82, 2.24) is 0 Å². The number of nitro benzene ring substituents is 1. The molecule has 17 heavy (non-hydrogen) atoms. The lowest BCUT2D eigenvalue weighted by Gasteiger charge is -2.17. The van der Waals surface area contributed by atoms with E-state index in [9.17, 15) is 14.9 Å². The van der Waals surface area contributed by atoms with Crippen molar-refractivity contribution in [2.45, 2.75) is 26.3 Å². The Balaban J connectivity index is 2.92. The predicted octanol–water partition coefficient (Wildman–Crippen LogP) is 1.58. The molecule has 6 nitrogen and oxygen atoms in total. The summed E-state index contributed by atoms with van der Waals surface area (Å²) in [6.07, 6.45) is 0. The van der Waals surface area contributed by atoms with E-state index in [4.69, 9.17) is 5.73 Å². The molecule has 0 unspecified atom stereocenters. The van der Waals surface area contributed by atoms with Crippen molar-refractivity contribution >= 4 is 17.3 Å². The van der Waals surface area contributed by atoms with Gasteiger partial charge in [-0.2, -0.15) is 0 Å². The summed E-state index contributed by atoms with van der Waals surface area (Å²) in [5.41, 5.74) is 5.64. The van der Waals surface area contributed by atoms with E-state index in [0.717, 1.165) is 0 Å². The summed E-state index contributed by atoms with van der Waals surface area (Å²) >= 11 is 0. The van der Waals surface area contributed by atoms with Gasteiger partial charge in [0.15, 0.2) is 0 Å². The standard InChI is InChI=1S/C11H15N3O3/c1-7-6-8(4-5-9(7)14(16)17)13-10(15)11(2,3)12/h4-6H,12H2,1-3H3,(H,13,15). The molecule has 1 amide bonds. The van der Waals surface area contributed by atoms with E-state index in [1.807, 2.05) is 0 Å². The van der Waals surface area contributed by atoms with Gasteiger partial charge in [-0.05, 0) is 32.9 Å². The van der Waals surface area contributed by atoms with Gasteiger partial charge in [-0.15, -0.1) is 0 Å². The smallest absolute Gasteiger partial charge is 0.272 e. The van der Waals surface area contributed by atoms with Gasteiger partial charge in [-0.3, -0.25) is 14.9 Å². The Morgan fingerprint density at radius 1 is 1.47 bits per heavy atom. The highest BCUT2D eigenvalue weighted by Crippen LogP contribution is 2.21. The van der Waals surface area contributed by atoms with Crippen molar-refractivity contribution < 1.29 is 9.72 Å². The third kappa shape index (κ3) is 3.25. The molecule has 0 aliphatic heterocycles. The third-order valence-electron chi connectivity index (χ3n) is 2.24. The van der Waals surface area contributed by atoms with Gasteiger partial charge >= 0.3 is 0 Å². The molecule has 0 aromatic heterocycles. The molecule has 1 rings (SSSR count). The van der Waals surface area contributed by atoms with Gasteiger partial charge in [0.05, 0.1) is 10.5 Å². The molecule has 0 atom stereocenters. The molecule has 1 aromatic carbocycles. The molecule has 92 valence electrons. The van der Waals surface area contributed by atoms with E-state index in [1.165, 1.54) is 12.1 Å². The van der Waals surface area contributed by atoms with E-state index in [0.29, 0.717) is 11.3 Å². The summed E-state index contributed by atoms with van der Waals surface area (Å²) in [6, 6.07) is 4.38. The Labute approximate surface area is 99.0 Å². The minimum absolute atomic E-state index is 0.0232. The van der Waals surface area contributed by atoms with Crippen LogP contribution in [0.4, 0.5) is 11.4 Å². The molecule has 0 aliphatic carbocycles. The van der Waals surface area contributed by atoms with Crippen LogP contribution in [0, 0.1) is 17.0 Å².